The second-order valence-corrected chi connectivity index (χ2v) is 11.1. The number of likely N-dealkylation sites (tertiary alicyclic amines) is 1. The minimum absolute atomic E-state index is 0.00279. The first kappa shape index (κ1) is 20.9. The number of nitrogens with zero attached hydrogens (tertiary/aromatic N) is 3. The van der Waals surface area contributed by atoms with Crippen molar-refractivity contribution in [3.8, 4) is 0 Å². The lowest BCUT2D eigenvalue weighted by Crippen LogP contribution is -2.57. The molecule has 4 bridgehead atoms. The molecule has 2 aromatic rings. The van der Waals surface area contributed by atoms with E-state index in [-0.39, 0.29) is 17.4 Å². The molecule has 174 valence electrons. The maximum absolute atomic E-state index is 13.9. The Kier molecular flexibility index (Phi) is 5.27. The number of hydrogen-bond donors (Lipinski definition) is 1. The summed E-state index contributed by atoms with van der Waals surface area (Å²) in [7, 11) is 0. The van der Waals surface area contributed by atoms with Gasteiger partial charge in [-0.2, -0.15) is 0 Å². The molecule has 1 N–H and O–H groups in total. The summed E-state index contributed by atoms with van der Waals surface area (Å²) in [5, 5.41) is 3.16. The lowest BCUT2D eigenvalue weighted by atomic mass is 9.49. The Morgan fingerprint density at radius 1 is 1.03 bits per heavy atom. The van der Waals surface area contributed by atoms with Crippen molar-refractivity contribution in [1.82, 2.24) is 19.8 Å². The van der Waals surface area contributed by atoms with Crippen LogP contribution in [-0.2, 0) is 22.7 Å². The first-order valence-electron chi connectivity index (χ1n) is 12.7. The molecule has 5 aliphatic rings. The van der Waals surface area contributed by atoms with E-state index >= 15 is 0 Å². The van der Waals surface area contributed by atoms with Crippen molar-refractivity contribution in [3.63, 3.8) is 0 Å². The Bertz CT molecular complexity index is 995. The Hall–Kier alpha value is -2.63. The van der Waals surface area contributed by atoms with E-state index in [4.69, 9.17) is 0 Å². The van der Waals surface area contributed by atoms with Gasteiger partial charge in [-0.25, -0.2) is 4.98 Å². The molecule has 1 aromatic carbocycles. The average Bonchev–Trinajstić information content (AvgIpc) is 3.49. The highest BCUT2D eigenvalue weighted by Crippen LogP contribution is 2.60. The minimum atomic E-state index is -0.314. The number of aromatic nitrogens is 2. The van der Waals surface area contributed by atoms with Crippen LogP contribution in [0.15, 0.2) is 43.0 Å². The molecule has 33 heavy (non-hydrogen) atoms. The number of imidazole rings is 1. The van der Waals surface area contributed by atoms with Crippen LogP contribution in [0.3, 0.4) is 0 Å². The molecule has 6 heteroatoms. The van der Waals surface area contributed by atoms with Gasteiger partial charge in [-0.15, -0.1) is 0 Å². The summed E-state index contributed by atoms with van der Waals surface area (Å²) in [6.07, 6.45) is 14.4. The van der Waals surface area contributed by atoms with E-state index in [2.05, 4.69) is 22.4 Å². The Morgan fingerprint density at radius 3 is 2.39 bits per heavy atom. The molecule has 7 rings (SSSR count). The summed E-state index contributed by atoms with van der Waals surface area (Å²) in [4.78, 5) is 33.2. The zero-order valence-corrected chi connectivity index (χ0v) is 19.3. The number of amides is 2. The van der Waals surface area contributed by atoms with E-state index < -0.39 is 0 Å². The number of carbonyl (C=O) groups is 2. The molecule has 0 spiro atoms. The van der Waals surface area contributed by atoms with Crippen molar-refractivity contribution < 1.29 is 9.59 Å². The maximum Gasteiger partial charge on any atom is 0.243 e. The molecule has 1 unspecified atom stereocenters. The van der Waals surface area contributed by atoms with Gasteiger partial charge in [-0.05, 0) is 80.2 Å². The van der Waals surface area contributed by atoms with E-state index in [9.17, 15) is 9.59 Å². The summed E-state index contributed by atoms with van der Waals surface area (Å²) < 4.78 is 2.03. The molecule has 4 aliphatic carbocycles. The van der Waals surface area contributed by atoms with E-state index in [1.54, 1.807) is 6.20 Å². The van der Waals surface area contributed by atoms with Crippen molar-refractivity contribution in [2.24, 2.45) is 23.2 Å². The molecule has 6 nitrogen and oxygen atoms in total. The average molecular weight is 447 g/mol. The normalized spacial score (nSPS) is 32.3. The van der Waals surface area contributed by atoms with Crippen molar-refractivity contribution in [2.45, 2.75) is 70.5 Å². The van der Waals surface area contributed by atoms with E-state index in [0.29, 0.717) is 12.5 Å². The van der Waals surface area contributed by atoms with Crippen molar-refractivity contribution in [1.29, 1.82) is 0 Å². The maximum atomic E-state index is 13.9. The highest BCUT2D eigenvalue weighted by molar-refractivity contribution is 5.91. The monoisotopic (exact) mass is 446 g/mol. The Morgan fingerprint density at radius 2 is 1.73 bits per heavy atom. The largest absolute Gasteiger partial charge is 0.350 e. The topological polar surface area (TPSA) is 67.2 Å². The molecule has 4 saturated carbocycles. The molecule has 1 aliphatic heterocycles. The summed E-state index contributed by atoms with van der Waals surface area (Å²) >= 11 is 0. The highest BCUT2D eigenvalue weighted by Gasteiger charge is 2.56. The number of benzene rings is 1. The first-order valence-corrected chi connectivity index (χ1v) is 12.7. The van der Waals surface area contributed by atoms with Gasteiger partial charge in [0.25, 0.3) is 0 Å². The van der Waals surface area contributed by atoms with Crippen LogP contribution in [-0.4, -0.2) is 38.9 Å². The van der Waals surface area contributed by atoms with E-state index in [1.807, 2.05) is 34.1 Å². The smallest absolute Gasteiger partial charge is 0.243 e. The standard InChI is InChI=1S/C27H34N4O2/c32-25(29-16-22-4-1-2-5-23(22)17-30-9-7-28-18-30)24-6-3-8-31(24)26(33)27-13-19-10-20(14-27)12-21(11-19)15-27/h1-2,4-5,7,9,18-21,24H,3,6,8,10-17H2,(H,29,32). The van der Waals surface area contributed by atoms with Crippen LogP contribution >= 0.6 is 0 Å². The number of hydrogen-bond acceptors (Lipinski definition) is 3. The van der Waals surface area contributed by atoms with Gasteiger partial charge in [0.05, 0.1) is 11.7 Å². The Labute approximate surface area is 195 Å². The lowest BCUT2D eigenvalue weighted by Gasteiger charge is -2.56. The second-order valence-electron chi connectivity index (χ2n) is 11.1. The fourth-order valence-electron chi connectivity index (χ4n) is 7.72. The van der Waals surface area contributed by atoms with Gasteiger partial charge >= 0.3 is 0 Å². The number of nitrogens with one attached hydrogen (secondary N) is 1. The van der Waals surface area contributed by atoms with Gasteiger partial charge in [0.2, 0.25) is 11.8 Å². The molecule has 2 amide bonds. The fraction of sp³-hybridized carbons (Fsp3) is 0.593. The van der Waals surface area contributed by atoms with Crippen molar-refractivity contribution >= 4 is 11.8 Å². The summed E-state index contributed by atoms with van der Waals surface area (Å²) in [6, 6.07) is 7.89. The van der Waals surface area contributed by atoms with Crippen LogP contribution in [0, 0.1) is 23.2 Å². The van der Waals surface area contributed by atoms with Gasteiger partial charge in [-0.3, -0.25) is 9.59 Å². The van der Waals surface area contributed by atoms with Gasteiger partial charge in [0.1, 0.15) is 6.04 Å². The summed E-state index contributed by atoms with van der Waals surface area (Å²) in [5.41, 5.74) is 2.11. The zero-order valence-electron chi connectivity index (χ0n) is 19.3. The Balaban J connectivity index is 1.13. The van der Waals surface area contributed by atoms with Crippen molar-refractivity contribution in [2.75, 3.05) is 6.54 Å². The first-order chi connectivity index (χ1) is 16.1. The van der Waals surface area contributed by atoms with Crippen molar-refractivity contribution in [3.05, 3.63) is 54.1 Å². The van der Waals surface area contributed by atoms with Crippen LogP contribution in [0.4, 0.5) is 0 Å². The second kappa shape index (κ2) is 8.30. The summed E-state index contributed by atoms with van der Waals surface area (Å²) in [5.74, 6) is 2.51. The third-order valence-corrected chi connectivity index (χ3v) is 8.79. The predicted octanol–water partition coefficient (Wildman–Crippen LogP) is 3.76. The third-order valence-electron chi connectivity index (χ3n) is 8.79. The van der Waals surface area contributed by atoms with Gasteiger partial charge in [0.15, 0.2) is 0 Å². The third kappa shape index (κ3) is 3.87. The van der Waals surface area contributed by atoms with Crippen LogP contribution in [0.1, 0.15) is 62.5 Å². The van der Waals surface area contributed by atoms with Crippen LogP contribution in [0.2, 0.25) is 0 Å². The SMILES string of the molecule is O=C(NCc1ccccc1Cn1ccnc1)C1CCCN1C(=O)C12CC3CC(CC(C3)C1)C2. The zero-order chi connectivity index (χ0) is 22.4. The molecule has 2 heterocycles. The minimum Gasteiger partial charge on any atom is -0.350 e. The molecule has 5 fully saturated rings. The number of rotatable bonds is 6. The van der Waals surface area contributed by atoms with Crippen LogP contribution in [0.5, 0.6) is 0 Å². The molecule has 0 radical (unpaired) electrons. The number of carbonyl (C=O) groups excluding carboxylic acids is 2. The van der Waals surface area contributed by atoms with Crippen LogP contribution in [0.25, 0.3) is 0 Å². The predicted molar refractivity (Wildman–Crippen MR) is 125 cm³/mol. The molecular formula is C27H34N4O2. The van der Waals surface area contributed by atoms with Crippen LogP contribution < -0.4 is 5.32 Å². The highest BCUT2D eigenvalue weighted by atomic mass is 16.2. The van der Waals surface area contributed by atoms with E-state index in [1.165, 1.54) is 24.8 Å². The van der Waals surface area contributed by atoms with E-state index in [0.717, 1.165) is 68.5 Å². The molecule has 1 atom stereocenters. The molecule has 1 aromatic heterocycles. The summed E-state index contributed by atoms with van der Waals surface area (Å²) in [6.45, 7) is 1.95. The van der Waals surface area contributed by atoms with Gasteiger partial charge < -0.3 is 14.8 Å². The molecule has 1 saturated heterocycles. The lowest BCUT2D eigenvalue weighted by molar-refractivity contribution is -0.160. The quantitative estimate of drug-likeness (QED) is 0.735. The molecular weight excluding hydrogens is 412 g/mol. The van der Waals surface area contributed by atoms with Gasteiger partial charge in [-0.1, -0.05) is 24.3 Å². The fourth-order valence-corrected chi connectivity index (χ4v) is 7.72. The van der Waals surface area contributed by atoms with Gasteiger partial charge in [0, 0.05) is 32.0 Å².